The van der Waals surface area contributed by atoms with Crippen molar-refractivity contribution in [3.8, 4) is 0 Å². The van der Waals surface area contributed by atoms with Crippen LogP contribution >= 0.6 is 0 Å². The largest absolute Gasteiger partial charge is 0.465 e. The molecule has 0 spiro atoms. The SMILES string of the molecule is CCCCCCCCCC(CCCCCCC)C(=O)OCCC1(CCOC(=O)C(CCCCCCC)CCCCCCCCC)CCN(CCCCO)CC1. The fourth-order valence-corrected chi connectivity index (χ4v) is 8.74. The summed E-state index contributed by atoms with van der Waals surface area (Å²) < 4.78 is 12.3. The zero-order chi connectivity index (χ0) is 40.1. The minimum atomic E-state index is 0.0241. The molecule has 1 heterocycles. The number of nitrogens with zero attached hydrogens (tertiary/aromatic N) is 1. The van der Waals surface area contributed by atoms with Crippen molar-refractivity contribution >= 4 is 11.9 Å². The highest BCUT2D eigenvalue weighted by Gasteiger charge is 2.35. The molecular weight excluding hydrogens is 683 g/mol. The van der Waals surface area contributed by atoms with E-state index in [1.165, 1.54) is 128 Å². The molecule has 1 N–H and O–H groups in total. The number of aliphatic hydroxyl groups excluding tert-OH is 1. The van der Waals surface area contributed by atoms with E-state index in [0.717, 1.165) is 110 Å². The third-order valence-electron chi connectivity index (χ3n) is 12.8. The molecule has 6 heteroatoms. The molecule has 1 aliphatic heterocycles. The number of rotatable bonds is 40. The molecule has 0 amide bonds. The molecule has 1 saturated heterocycles. The van der Waals surface area contributed by atoms with Gasteiger partial charge in [-0.25, -0.2) is 0 Å². The third-order valence-corrected chi connectivity index (χ3v) is 12.8. The fraction of sp³-hybridized carbons (Fsp3) is 0.959. The number of carbonyl (C=O) groups is 2. The molecule has 0 aromatic rings. The summed E-state index contributed by atoms with van der Waals surface area (Å²) in [5.41, 5.74) is 0.0241. The van der Waals surface area contributed by atoms with Crippen LogP contribution in [-0.4, -0.2) is 61.4 Å². The highest BCUT2D eigenvalue weighted by molar-refractivity contribution is 5.72. The first-order valence-corrected chi connectivity index (χ1v) is 24.6. The number of esters is 2. The van der Waals surface area contributed by atoms with E-state index in [9.17, 15) is 14.7 Å². The molecule has 2 unspecified atom stereocenters. The monoisotopic (exact) mass is 778 g/mol. The lowest BCUT2D eigenvalue weighted by Crippen LogP contribution is -2.42. The predicted octanol–water partition coefficient (Wildman–Crippen LogP) is 13.9. The Morgan fingerprint density at radius 3 is 1.15 bits per heavy atom. The van der Waals surface area contributed by atoms with Crippen molar-refractivity contribution in [1.29, 1.82) is 0 Å². The summed E-state index contributed by atoms with van der Waals surface area (Å²) in [7, 11) is 0. The maximum absolute atomic E-state index is 13.6. The van der Waals surface area contributed by atoms with Gasteiger partial charge in [-0.3, -0.25) is 9.59 Å². The van der Waals surface area contributed by atoms with Crippen molar-refractivity contribution in [3.63, 3.8) is 0 Å². The number of hydrogen-bond donors (Lipinski definition) is 1. The number of ether oxygens (including phenoxy) is 2. The predicted molar refractivity (Wildman–Crippen MR) is 235 cm³/mol. The van der Waals surface area contributed by atoms with E-state index in [1.54, 1.807) is 0 Å². The Hall–Kier alpha value is -1.14. The quantitative estimate of drug-likeness (QED) is 0.0493. The van der Waals surface area contributed by atoms with Crippen molar-refractivity contribution in [2.45, 2.75) is 246 Å². The van der Waals surface area contributed by atoms with Crippen LogP contribution in [0.3, 0.4) is 0 Å². The summed E-state index contributed by atoms with van der Waals surface area (Å²) in [4.78, 5) is 29.7. The summed E-state index contributed by atoms with van der Waals surface area (Å²) in [6.45, 7) is 13.3. The first kappa shape index (κ1) is 51.9. The fourth-order valence-electron chi connectivity index (χ4n) is 8.74. The molecule has 0 bridgehead atoms. The minimum Gasteiger partial charge on any atom is -0.465 e. The van der Waals surface area contributed by atoms with Gasteiger partial charge in [-0.05, 0) is 89.3 Å². The summed E-state index contributed by atoms with van der Waals surface area (Å²) in [5.74, 6) is 0.101. The number of piperidine rings is 1. The van der Waals surface area contributed by atoms with Crippen LogP contribution < -0.4 is 0 Å². The normalized spacial score (nSPS) is 15.6. The summed E-state index contributed by atoms with van der Waals surface area (Å²) in [5, 5.41) is 9.30. The van der Waals surface area contributed by atoms with Crippen LogP contribution in [0.4, 0.5) is 0 Å². The Kier molecular flexibility index (Phi) is 35.0. The number of likely N-dealkylation sites (tertiary alicyclic amines) is 1. The van der Waals surface area contributed by atoms with Gasteiger partial charge in [0, 0.05) is 6.61 Å². The van der Waals surface area contributed by atoms with Gasteiger partial charge in [0.05, 0.1) is 25.0 Å². The average Bonchev–Trinajstić information content (AvgIpc) is 3.19. The van der Waals surface area contributed by atoms with E-state index >= 15 is 0 Å². The Bertz CT molecular complexity index is 800. The molecule has 1 rings (SSSR count). The lowest BCUT2D eigenvalue weighted by Gasteiger charge is -2.42. The van der Waals surface area contributed by atoms with Crippen molar-refractivity contribution in [2.24, 2.45) is 17.3 Å². The Balaban J connectivity index is 2.81. The van der Waals surface area contributed by atoms with Gasteiger partial charge in [-0.2, -0.15) is 0 Å². The van der Waals surface area contributed by atoms with Crippen LogP contribution in [-0.2, 0) is 19.1 Å². The van der Waals surface area contributed by atoms with E-state index in [1.807, 2.05) is 0 Å². The van der Waals surface area contributed by atoms with Gasteiger partial charge in [0.1, 0.15) is 0 Å². The molecule has 0 radical (unpaired) electrons. The topological polar surface area (TPSA) is 76.1 Å². The summed E-state index contributed by atoms with van der Waals surface area (Å²) >= 11 is 0. The number of carbonyl (C=O) groups excluding carboxylic acids is 2. The van der Waals surface area contributed by atoms with E-state index in [2.05, 4.69) is 32.6 Å². The van der Waals surface area contributed by atoms with Crippen LogP contribution in [0.5, 0.6) is 0 Å². The van der Waals surface area contributed by atoms with Gasteiger partial charge in [0.25, 0.3) is 0 Å². The molecule has 2 atom stereocenters. The van der Waals surface area contributed by atoms with Crippen molar-refractivity contribution in [1.82, 2.24) is 4.90 Å². The lowest BCUT2D eigenvalue weighted by atomic mass is 9.73. The van der Waals surface area contributed by atoms with E-state index in [4.69, 9.17) is 9.47 Å². The first-order valence-electron chi connectivity index (χ1n) is 24.6. The van der Waals surface area contributed by atoms with Crippen LogP contribution in [0.15, 0.2) is 0 Å². The van der Waals surface area contributed by atoms with Crippen LogP contribution in [0.1, 0.15) is 246 Å². The van der Waals surface area contributed by atoms with E-state index < -0.39 is 0 Å². The molecule has 55 heavy (non-hydrogen) atoms. The Morgan fingerprint density at radius 1 is 0.491 bits per heavy atom. The van der Waals surface area contributed by atoms with Gasteiger partial charge >= 0.3 is 11.9 Å². The van der Waals surface area contributed by atoms with Gasteiger partial charge in [0.15, 0.2) is 0 Å². The summed E-state index contributed by atoms with van der Waals surface area (Å²) in [6, 6.07) is 0. The van der Waals surface area contributed by atoms with Crippen LogP contribution in [0.2, 0.25) is 0 Å². The van der Waals surface area contributed by atoms with Crippen molar-refractivity contribution in [3.05, 3.63) is 0 Å². The highest BCUT2D eigenvalue weighted by Crippen LogP contribution is 2.39. The first-order chi connectivity index (χ1) is 26.9. The standard InChI is InChI=1S/C49H95NO5/c1-5-9-13-17-19-23-27-33-45(31-25-21-15-11-7-3)47(52)54-43-37-49(35-40-50(41-36-49)39-29-30-42-51)38-44-55-48(53)46(32-26-22-16-12-8-4)34-28-24-20-18-14-10-6-2/h45-46,51H,5-44H2,1-4H3. The van der Waals surface area contributed by atoms with Gasteiger partial charge in [0.2, 0.25) is 0 Å². The summed E-state index contributed by atoms with van der Waals surface area (Å²) in [6.07, 6.45) is 39.5. The third kappa shape index (κ3) is 28.0. The number of hydrogen-bond acceptors (Lipinski definition) is 6. The second-order valence-corrected chi connectivity index (χ2v) is 17.7. The maximum atomic E-state index is 13.6. The van der Waals surface area contributed by atoms with Crippen molar-refractivity contribution in [2.75, 3.05) is 39.5 Å². The molecule has 0 saturated carbocycles. The zero-order valence-electron chi connectivity index (χ0n) is 37.5. The van der Waals surface area contributed by atoms with Gasteiger partial charge in [-0.1, -0.05) is 182 Å². The van der Waals surface area contributed by atoms with Crippen molar-refractivity contribution < 1.29 is 24.2 Å². The smallest absolute Gasteiger partial charge is 0.308 e. The average molecular weight is 778 g/mol. The van der Waals surface area contributed by atoms with Crippen LogP contribution in [0, 0.1) is 17.3 Å². The molecule has 326 valence electrons. The molecule has 0 aromatic heterocycles. The van der Waals surface area contributed by atoms with Gasteiger partial charge < -0.3 is 19.5 Å². The van der Waals surface area contributed by atoms with E-state index in [-0.39, 0.29) is 35.8 Å². The second-order valence-electron chi connectivity index (χ2n) is 17.7. The number of aliphatic hydroxyl groups is 1. The Morgan fingerprint density at radius 2 is 0.818 bits per heavy atom. The van der Waals surface area contributed by atoms with Gasteiger partial charge in [-0.15, -0.1) is 0 Å². The molecular formula is C49H95NO5. The van der Waals surface area contributed by atoms with Crippen LogP contribution in [0.25, 0.3) is 0 Å². The van der Waals surface area contributed by atoms with E-state index in [0.29, 0.717) is 13.2 Å². The molecule has 1 aliphatic rings. The second kappa shape index (κ2) is 37.2. The number of unbranched alkanes of at least 4 members (excludes halogenated alkanes) is 21. The molecule has 0 aromatic carbocycles. The molecule has 1 fully saturated rings. The lowest BCUT2D eigenvalue weighted by molar-refractivity contribution is -0.151. The zero-order valence-corrected chi connectivity index (χ0v) is 37.5. The highest BCUT2D eigenvalue weighted by atomic mass is 16.5. The molecule has 6 nitrogen and oxygen atoms in total. The maximum Gasteiger partial charge on any atom is 0.308 e. The minimum absolute atomic E-state index is 0.0241. The Labute approximate surface area is 342 Å². The molecule has 0 aliphatic carbocycles.